The van der Waals surface area contributed by atoms with Crippen molar-refractivity contribution in [3.63, 3.8) is 0 Å². The predicted molar refractivity (Wildman–Crippen MR) is 49.7 cm³/mol. The lowest BCUT2D eigenvalue weighted by molar-refractivity contribution is 0.101. The first kappa shape index (κ1) is 13.1. The zero-order chi connectivity index (χ0) is 11.7. The molecule has 0 aromatic heterocycles. The predicted octanol–water partition coefficient (Wildman–Crippen LogP) is 0.830. The molecule has 1 N–H and O–H groups in total. The van der Waals surface area contributed by atoms with E-state index in [4.69, 9.17) is 0 Å². The SMILES string of the molecule is CCOC(=O)NCN(N=O)C(=O)OCC. The largest absolute Gasteiger partial charge is 0.450 e. The summed E-state index contributed by atoms with van der Waals surface area (Å²) >= 11 is 0. The van der Waals surface area contributed by atoms with Crippen molar-refractivity contribution in [1.82, 2.24) is 10.3 Å². The molecule has 0 saturated heterocycles. The lowest BCUT2D eigenvalue weighted by Gasteiger charge is -2.12. The maximum absolute atomic E-state index is 11.0. The van der Waals surface area contributed by atoms with Crippen LogP contribution in [0.4, 0.5) is 9.59 Å². The van der Waals surface area contributed by atoms with Crippen molar-refractivity contribution in [2.75, 3.05) is 19.9 Å². The van der Waals surface area contributed by atoms with Crippen molar-refractivity contribution < 1.29 is 19.1 Å². The molecule has 0 radical (unpaired) electrons. The van der Waals surface area contributed by atoms with Crippen LogP contribution in [0.15, 0.2) is 5.29 Å². The number of rotatable bonds is 5. The molecule has 8 heteroatoms. The highest BCUT2D eigenvalue weighted by atomic mass is 16.6. The Morgan fingerprint density at radius 2 is 1.87 bits per heavy atom. The van der Waals surface area contributed by atoms with Gasteiger partial charge >= 0.3 is 12.2 Å². The maximum Gasteiger partial charge on any atom is 0.434 e. The third-order valence-electron chi connectivity index (χ3n) is 1.23. The summed E-state index contributed by atoms with van der Waals surface area (Å²) in [5.74, 6) is 0. The van der Waals surface area contributed by atoms with Crippen LogP contribution >= 0.6 is 0 Å². The molecule has 0 aromatic carbocycles. The summed E-state index contributed by atoms with van der Waals surface area (Å²) in [5.41, 5.74) is 0. The van der Waals surface area contributed by atoms with E-state index < -0.39 is 12.2 Å². The number of nitroso groups, excluding NO2 is 1. The van der Waals surface area contributed by atoms with Gasteiger partial charge < -0.3 is 14.8 Å². The van der Waals surface area contributed by atoms with E-state index in [9.17, 15) is 14.5 Å². The molecule has 0 aromatic rings. The topological polar surface area (TPSA) is 97.3 Å². The Balaban J connectivity index is 3.94. The summed E-state index contributed by atoms with van der Waals surface area (Å²) in [5, 5.41) is 4.95. The molecule has 0 fully saturated rings. The van der Waals surface area contributed by atoms with Crippen molar-refractivity contribution >= 4 is 12.2 Å². The summed E-state index contributed by atoms with van der Waals surface area (Å²) in [4.78, 5) is 31.9. The first-order valence-corrected chi connectivity index (χ1v) is 4.33. The van der Waals surface area contributed by atoms with Gasteiger partial charge in [0, 0.05) is 0 Å². The number of carbonyl (C=O) groups is 2. The van der Waals surface area contributed by atoms with Gasteiger partial charge in [0.05, 0.1) is 18.5 Å². The van der Waals surface area contributed by atoms with Crippen molar-refractivity contribution in [2.45, 2.75) is 13.8 Å². The molecule has 0 rings (SSSR count). The van der Waals surface area contributed by atoms with Crippen LogP contribution in [0.5, 0.6) is 0 Å². The molecule has 86 valence electrons. The fourth-order valence-corrected chi connectivity index (χ4v) is 0.646. The van der Waals surface area contributed by atoms with Crippen LogP contribution in [-0.2, 0) is 9.47 Å². The second-order valence-corrected chi connectivity index (χ2v) is 2.24. The van der Waals surface area contributed by atoms with E-state index in [1.807, 2.05) is 0 Å². The van der Waals surface area contributed by atoms with Gasteiger partial charge in [0.15, 0.2) is 0 Å². The zero-order valence-corrected chi connectivity index (χ0v) is 8.56. The number of amides is 2. The Labute approximate surface area is 86.5 Å². The van der Waals surface area contributed by atoms with Gasteiger partial charge in [-0.1, -0.05) is 0 Å². The fraction of sp³-hybridized carbons (Fsp3) is 0.714. The smallest absolute Gasteiger partial charge is 0.434 e. The third kappa shape index (κ3) is 5.45. The molecule has 0 aliphatic heterocycles. The van der Waals surface area contributed by atoms with Crippen LogP contribution in [-0.4, -0.2) is 37.1 Å². The van der Waals surface area contributed by atoms with Crippen LogP contribution in [0.25, 0.3) is 0 Å². The van der Waals surface area contributed by atoms with E-state index in [1.165, 1.54) is 0 Å². The average Bonchev–Trinajstić information content (AvgIpc) is 2.19. The van der Waals surface area contributed by atoms with Crippen LogP contribution in [0.1, 0.15) is 13.8 Å². The Hall–Kier alpha value is -1.86. The number of nitrogens with one attached hydrogen (secondary N) is 1. The van der Waals surface area contributed by atoms with Crippen molar-refractivity contribution in [3.8, 4) is 0 Å². The quantitative estimate of drug-likeness (QED) is 0.419. The summed E-state index contributed by atoms with van der Waals surface area (Å²) in [7, 11) is 0. The highest BCUT2D eigenvalue weighted by Crippen LogP contribution is 1.93. The summed E-state index contributed by atoms with van der Waals surface area (Å²) in [6, 6.07) is 0. The van der Waals surface area contributed by atoms with E-state index in [1.54, 1.807) is 13.8 Å². The molecule has 0 aliphatic carbocycles. The molecule has 0 saturated carbocycles. The van der Waals surface area contributed by atoms with Gasteiger partial charge in [-0.25, -0.2) is 9.59 Å². The monoisotopic (exact) mass is 219 g/mol. The molecule has 0 heterocycles. The van der Waals surface area contributed by atoms with Crippen LogP contribution in [0.3, 0.4) is 0 Å². The Kier molecular flexibility index (Phi) is 6.60. The lowest BCUT2D eigenvalue weighted by atomic mass is 10.8. The molecule has 0 spiro atoms. The lowest BCUT2D eigenvalue weighted by Crippen LogP contribution is -2.38. The van der Waals surface area contributed by atoms with Crippen molar-refractivity contribution in [1.29, 1.82) is 0 Å². The van der Waals surface area contributed by atoms with Crippen molar-refractivity contribution in [2.24, 2.45) is 5.29 Å². The molecular formula is C7H13N3O5. The minimum absolute atomic E-state index is 0.115. The number of hydrogen-bond acceptors (Lipinski definition) is 6. The molecule has 15 heavy (non-hydrogen) atoms. The summed E-state index contributed by atoms with van der Waals surface area (Å²) < 4.78 is 8.99. The standard InChI is InChI=1S/C7H13N3O5/c1-3-14-6(11)8-5-10(9-13)7(12)15-4-2/h3-5H2,1-2H3,(H,8,11). The Morgan fingerprint density at radius 3 is 2.33 bits per heavy atom. The van der Waals surface area contributed by atoms with E-state index in [0.29, 0.717) is 5.01 Å². The van der Waals surface area contributed by atoms with Gasteiger partial charge in [-0.3, -0.25) is 0 Å². The number of alkyl carbamates (subject to hydrolysis) is 1. The fourth-order valence-electron chi connectivity index (χ4n) is 0.646. The van der Waals surface area contributed by atoms with Gasteiger partial charge in [0.25, 0.3) is 0 Å². The van der Waals surface area contributed by atoms with Crippen LogP contribution in [0, 0.1) is 4.91 Å². The van der Waals surface area contributed by atoms with Crippen molar-refractivity contribution in [3.05, 3.63) is 4.91 Å². The summed E-state index contributed by atoms with van der Waals surface area (Å²) in [6.45, 7) is 3.13. The van der Waals surface area contributed by atoms with E-state index in [2.05, 4.69) is 20.1 Å². The Morgan fingerprint density at radius 1 is 1.27 bits per heavy atom. The number of ether oxygens (including phenoxy) is 2. The number of carbonyl (C=O) groups excluding carboxylic acids is 2. The van der Waals surface area contributed by atoms with Gasteiger partial charge in [-0.05, 0) is 13.8 Å². The maximum atomic E-state index is 11.0. The third-order valence-corrected chi connectivity index (χ3v) is 1.23. The zero-order valence-electron chi connectivity index (χ0n) is 8.56. The number of nitrogens with zero attached hydrogens (tertiary/aromatic N) is 2. The van der Waals surface area contributed by atoms with Gasteiger partial charge in [-0.2, -0.15) is 0 Å². The van der Waals surface area contributed by atoms with Gasteiger partial charge in [-0.15, -0.1) is 9.92 Å². The number of hydrogen-bond donors (Lipinski definition) is 1. The van der Waals surface area contributed by atoms with E-state index in [-0.39, 0.29) is 19.9 Å². The first-order chi connectivity index (χ1) is 7.15. The highest BCUT2D eigenvalue weighted by molar-refractivity contribution is 5.69. The molecule has 0 aliphatic rings. The second kappa shape index (κ2) is 7.54. The molecular weight excluding hydrogens is 206 g/mol. The second-order valence-electron chi connectivity index (χ2n) is 2.24. The van der Waals surface area contributed by atoms with Crippen LogP contribution in [0.2, 0.25) is 0 Å². The molecule has 0 unspecified atom stereocenters. The van der Waals surface area contributed by atoms with Gasteiger partial charge in [0.1, 0.15) is 6.67 Å². The van der Waals surface area contributed by atoms with Gasteiger partial charge in [0.2, 0.25) is 0 Å². The molecule has 8 nitrogen and oxygen atoms in total. The first-order valence-electron chi connectivity index (χ1n) is 4.33. The summed E-state index contributed by atoms with van der Waals surface area (Å²) in [6.07, 6.45) is -1.67. The average molecular weight is 219 g/mol. The van der Waals surface area contributed by atoms with E-state index >= 15 is 0 Å². The molecule has 2 amide bonds. The molecule has 0 atom stereocenters. The van der Waals surface area contributed by atoms with E-state index in [0.717, 1.165) is 0 Å². The van der Waals surface area contributed by atoms with Crippen LogP contribution < -0.4 is 5.32 Å². The Bertz CT molecular complexity index is 233. The minimum atomic E-state index is -0.927. The minimum Gasteiger partial charge on any atom is -0.450 e. The highest BCUT2D eigenvalue weighted by Gasteiger charge is 2.15. The molecule has 0 bridgehead atoms. The normalized spacial score (nSPS) is 8.93.